The van der Waals surface area contributed by atoms with E-state index in [1.165, 1.54) is 32.1 Å². The third-order valence-corrected chi connectivity index (χ3v) is 4.23. The van der Waals surface area contributed by atoms with Crippen molar-refractivity contribution in [3.05, 3.63) is 29.8 Å². The van der Waals surface area contributed by atoms with Crippen LogP contribution in [-0.2, 0) is 0 Å². The van der Waals surface area contributed by atoms with Crippen molar-refractivity contribution < 1.29 is 4.74 Å². The zero-order valence-corrected chi connectivity index (χ0v) is 15.9. The molecule has 1 rings (SSSR count). The summed E-state index contributed by atoms with van der Waals surface area (Å²) in [5, 5.41) is 18.0. The van der Waals surface area contributed by atoms with Gasteiger partial charge in [-0.2, -0.15) is 0 Å². The smallest absolute Gasteiger partial charge is 0.122 e. The fourth-order valence-corrected chi connectivity index (χ4v) is 2.67. The third-order valence-electron chi connectivity index (χ3n) is 4.23. The van der Waals surface area contributed by atoms with E-state index in [4.69, 9.17) is 27.0 Å². The normalized spacial score (nSPS) is 10.6. The van der Waals surface area contributed by atoms with Gasteiger partial charge < -0.3 is 21.5 Å². The lowest BCUT2D eigenvalue weighted by Crippen LogP contribution is -2.17. The molecule has 0 aliphatic carbocycles. The maximum atomic E-state index is 7.35. The molecule has 6 heteroatoms. The first-order valence-corrected chi connectivity index (χ1v) is 9.70. The maximum absolute atomic E-state index is 7.35. The highest BCUT2D eigenvalue weighted by atomic mass is 16.5. The van der Waals surface area contributed by atoms with E-state index in [1.54, 1.807) is 0 Å². The van der Waals surface area contributed by atoms with Crippen LogP contribution in [-0.4, -0.2) is 31.4 Å². The van der Waals surface area contributed by atoms with Crippen LogP contribution in [0.25, 0.3) is 0 Å². The summed E-state index contributed by atoms with van der Waals surface area (Å²) in [5.74, 6) is 1.22. The monoisotopic (exact) mass is 361 g/mol. The van der Waals surface area contributed by atoms with Gasteiger partial charge in [-0.3, -0.25) is 10.8 Å². The third kappa shape index (κ3) is 11.5. The fraction of sp³-hybridized carbons (Fsp3) is 0.600. The lowest BCUT2D eigenvalue weighted by molar-refractivity contribution is 0.305. The molecular formula is C20H35N5O. The first kappa shape index (κ1) is 22.0. The number of nitrogens with two attached hydrogens (primary N) is 2. The van der Waals surface area contributed by atoms with E-state index in [0.717, 1.165) is 50.1 Å². The van der Waals surface area contributed by atoms with Crippen LogP contribution in [0.15, 0.2) is 24.3 Å². The summed E-state index contributed by atoms with van der Waals surface area (Å²) in [4.78, 5) is 0. The Morgan fingerprint density at radius 3 is 2.00 bits per heavy atom. The summed E-state index contributed by atoms with van der Waals surface area (Å²) in [6.07, 6.45) is 10.1. The first-order valence-electron chi connectivity index (χ1n) is 9.70. The van der Waals surface area contributed by atoms with E-state index in [-0.39, 0.29) is 5.84 Å². The van der Waals surface area contributed by atoms with Gasteiger partial charge in [-0.15, -0.1) is 0 Å². The molecule has 0 unspecified atom stereocenters. The van der Waals surface area contributed by atoms with Gasteiger partial charge in [-0.1, -0.05) is 25.7 Å². The Morgan fingerprint density at radius 1 is 0.808 bits per heavy atom. The van der Waals surface area contributed by atoms with Gasteiger partial charge in [-0.25, -0.2) is 0 Å². The van der Waals surface area contributed by atoms with Gasteiger partial charge >= 0.3 is 0 Å². The Balaban J connectivity index is 1.85. The Kier molecular flexibility index (Phi) is 11.9. The van der Waals surface area contributed by atoms with Crippen LogP contribution < -0.4 is 21.5 Å². The van der Waals surface area contributed by atoms with Crippen LogP contribution in [0, 0.1) is 10.8 Å². The predicted octanol–water partition coefficient (Wildman–Crippen LogP) is 3.39. The Morgan fingerprint density at radius 2 is 1.38 bits per heavy atom. The van der Waals surface area contributed by atoms with Crippen LogP contribution in [0.2, 0.25) is 0 Å². The molecule has 0 radical (unpaired) electrons. The SMILES string of the molecule is N=C(N)CCCCCCCCNCCCCOc1ccc(C(=N)N)cc1. The Hall–Kier alpha value is -2.08. The van der Waals surface area contributed by atoms with Gasteiger partial charge in [0.2, 0.25) is 0 Å². The number of amidine groups is 2. The summed E-state index contributed by atoms with van der Waals surface area (Å²) < 4.78 is 5.69. The largest absolute Gasteiger partial charge is 0.494 e. The number of unbranched alkanes of at least 4 members (excludes halogenated alkanes) is 6. The molecule has 26 heavy (non-hydrogen) atoms. The summed E-state index contributed by atoms with van der Waals surface area (Å²) in [6, 6.07) is 7.33. The minimum atomic E-state index is 0.0793. The number of rotatable bonds is 16. The van der Waals surface area contributed by atoms with Crippen LogP contribution in [0.4, 0.5) is 0 Å². The molecule has 0 atom stereocenters. The van der Waals surface area contributed by atoms with Gasteiger partial charge in [0.05, 0.1) is 12.4 Å². The van der Waals surface area contributed by atoms with Crippen molar-refractivity contribution in [3.8, 4) is 5.75 Å². The molecule has 0 saturated heterocycles. The molecule has 0 aromatic heterocycles. The molecule has 0 spiro atoms. The molecule has 146 valence electrons. The van der Waals surface area contributed by atoms with Gasteiger partial charge in [0.25, 0.3) is 0 Å². The Bertz CT molecular complexity index is 515. The van der Waals surface area contributed by atoms with Crippen molar-refractivity contribution in [1.82, 2.24) is 5.32 Å². The van der Waals surface area contributed by atoms with E-state index < -0.39 is 0 Å². The second kappa shape index (κ2) is 14.1. The molecule has 6 nitrogen and oxygen atoms in total. The number of nitrogen functional groups attached to an aromatic ring is 1. The quantitative estimate of drug-likeness (QED) is 0.176. The fourth-order valence-electron chi connectivity index (χ4n) is 2.67. The number of nitrogens with one attached hydrogen (secondary N) is 3. The van der Waals surface area contributed by atoms with Crippen LogP contribution >= 0.6 is 0 Å². The minimum absolute atomic E-state index is 0.0793. The molecule has 1 aromatic rings. The van der Waals surface area contributed by atoms with Gasteiger partial charge in [0.15, 0.2) is 0 Å². The molecular weight excluding hydrogens is 326 g/mol. The van der Waals surface area contributed by atoms with Crippen molar-refractivity contribution >= 4 is 11.7 Å². The zero-order chi connectivity index (χ0) is 19.0. The molecule has 0 bridgehead atoms. The summed E-state index contributed by atoms with van der Waals surface area (Å²) >= 11 is 0. The maximum Gasteiger partial charge on any atom is 0.122 e. The number of ether oxygens (including phenoxy) is 1. The van der Waals surface area contributed by atoms with Crippen molar-refractivity contribution in [3.63, 3.8) is 0 Å². The van der Waals surface area contributed by atoms with Gasteiger partial charge in [-0.05, 0) is 63.0 Å². The van der Waals surface area contributed by atoms with E-state index in [9.17, 15) is 0 Å². The predicted molar refractivity (Wildman–Crippen MR) is 109 cm³/mol. The van der Waals surface area contributed by atoms with E-state index in [2.05, 4.69) is 5.32 Å². The second-order valence-electron chi connectivity index (χ2n) is 6.64. The lowest BCUT2D eigenvalue weighted by Gasteiger charge is -2.08. The number of hydrogen-bond acceptors (Lipinski definition) is 4. The highest BCUT2D eigenvalue weighted by Gasteiger charge is 1.98. The molecule has 0 aliphatic rings. The summed E-state index contributed by atoms with van der Waals surface area (Å²) in [7, 11) is 0. The molecule has 0 aliphatic heterocycles. The first-order chi connectivity index (χ1) is 12.6. The van der Waals surface area contributed by atoms with Crippen molar-refractivity contribution in [1.29, 1.82) is 10.8 Å². The van der Waals surface area contributed by atoms with Crippen LogP contribution in [0.3, 0.4) is 0 Å². The van der Waals surface area contributed by atoms with E-state index >= 15 is 0 Å². The summed E-state index contributed by atoms with van der Waals surface area (Å²) in [5.41, 5.74) is 11.5. The molecule has 0 amide bonds. The Labute approximate surface area is 157 Å². The van der Waals surface area contributed by atoms with E-state index in [1.807, 2.05) is 24.3 Å². The van der Waals surface area contributed by atoms with Crippen LogP contribution in [0.5, 0.6) is 5.75 Å². The summed E-state index contributed by atoms with van der Waals surface area (Å²) in [6.45, 7) is 2.83. The van der Waals surface area contributed by atoms with E-state index in [0.29, 0.717) is 12.4 Å². The zero-order valence-electron chi connectivity index (χ0n) is 15.9. The highest BCUT2D eigenvalue weighted by Crippen LogP contribution is 2.12. The molecule has 0 heterocycles. The second-order valence-corrected chi connectivity index (χ2v) is 6.64. The average Bonchev–Trinajstić information content (AvgIpc) is 2.62. The lowest BCUT2D eigenvalue weighted by atomic mass is 10.1. The van der Waals surface area contributed by atoms with Gasteiger partial charge in [0, 0.05) is 12.0 Å². The number of benzene rings is 1. The number of hydrogen-bond donors (Lipinski definition) is 5. The molecule has 7 N–H and O–H groups in total. The standard InChI is InChI=1S/C20H35N5O/c21-19(22)9-5-3-1-2-4-6-14-25-15-7-8-16-26-18-12-10-17(11-13-18)20(23)24/h10-13,25H,1-9,14-16H2,(H3,21,22)(H3,23,24). The van der Waals surface area contributed by atoms with Gasteiger partial charge in [0.1, 0.15) is 11.6 Å². The topological polar surface area (TPSA) is 121 Å². The molecule has 1 aromatic carbocycles. The molecule has 0 saturated carbocycles. The van der Waals surface area contributed by atoms with Crippen molar-refractivity contribution in [2.45, 2.75) is 57.8 Å². The molecule has 0 fully saturated rings. The van der Waals surface area contributed by atoms with Crippen molar-refractivity contribution in [2.75, 3.05) is 19.7 Å². The average molecular weight is 362 g/mol. The van der Waals surface area contributed by atoms with Crippen molar-refractivity contribution in [2.24, 2.45) is 11.5 Å². The minimum Gasteiger partial charge on any atom is -0.494 e. The highest BCUT2D eigenvalue weighted by molar-refractivity contribution is 5.94. The van der Waals surface area contributed by atoms with Crippen LogP contribution in [0.1, 0.15) is 63.4 Å².